The summed E-state index contributed by atoms with van der Waals surface area (Å²) in [7, 11) is 1.50. The van der Waals surface area contributed by atoms with Gasteiger partial charge in [0.2, 0.25) is 5.78 Å². The number of cyclic esters (lactones) is 1. The lowest BCUT2D eigenvalue weighted by atomic mass is 9.54. The van der Waals surface area contributed by atoms with Gasteiger partial charge < -0.3 is 18.6 Å². The average molecular weight is 507 g/mol. The van der Waals surface area contributed by atoms with Crippen LogP contribution in [0.2, 0.25) is 0 Å². The van der Waals surface area contributed by atoms with Crippen LogP contribution in [0.5, 0.6) is 0 Å². The van der Waals surface area contributed by atoms with Gasteiger partial charge in [0.15, 0.2) is 11.5 Å². The molecule has 1 aliphatic heterocycles. The summed E-state index contributed by atoms with van der Waals surface area (Å²) < 4.78 is 22.5. The van der Waals surface area contributed by atoms with E-state index in [9.17, 15) is 19.2 Å². The van der Waals surface area contributed by atoms with Crippen molar-refractivity contribution >= 4 is 39.4 Å². The molecule has 1 aromatic rings. The van der Waals surface area contributed by atoms with E-state index in [1.54, 1.807) is 0 Å². The van der Waals surface area contributed by atoms with Crippen molar-refractivity contribution in [1.82, 2.24) is 0 Å². The molecule has 1 saturated carbocycles. The first-order chi connectivity index (χ1) is 15.1. The number of carbonyl (C=O) groups is 4. The molecule has 1 aromatic heterocycles. The summed E-state index contributed by atoms with van der Waals surface area (Å²) in [6.07, 6.45) is 0.349. The Morgan fingerprint density at radius 2 is 2.00 bits per heavy atom. The van der Waals surface area contributed by atoms with Gasteiger partial charge in [-0.1, -0.05) is 22.9 Å². The van der Waals surface area contributed by atoms with Gasteiger partial charge in [-0.05, 0) is 18.9 Å². The quantitative estimate of drug-likeness (QED) is 0.454. The first-order valence-electron chi connectivity index (χ1n) is 10.5. The zero-order valence-electron chi connectivity index (χ0n) is 18.2. The Bertz CT molecular complexity index is 1120. The van der Waals surface area contributed by atoms with Crippen molar-refractivity contribution in [2.75, 3.05) is 13.7 Å². The van der Waals surface area contributed by atoms with Gasteiger partial charge >= 0.3 is 11.9 Å². The molecular weight excluding hydrogens is 484 g/mol. The van der Waals surface area contributed by atoms with Crippen LogP contribution in [0.1, 0.15) is 60.1 Å². The predicted octanol–water partition coefficient (Wildman–Crippen LogP) is 2.91. The number of rotatable bonds is 3. The molecule has 8 nitrogen and oxygen atoms in total. The van der Waals surface area contributed by atoms with Crippen LogP contribution in [0.15, 0.2) is 21.8 Å². The average Bonchev–Trinajstić information content (AvgIpc) is 3.26. The first-order valence-corrected chi connectivity index (χ1v) is 11.4. The summed E-state index contributed by atoms with van der Waals surface area (Å²) in [5, 5.41) is 0. The molecule has 2 heterocycles. The van der Waals surface area contributed by atoms with Gasteiger partial charge in [-0.15, -0.1) is 0 Å². The van der Waals surface area contributed by atoms with E-state index in [0.29, 0.717) is 23.1 Å². The van der Waals surface area contributed by atoms with Gasteiger partial charge in [-0.25, -0.2) is 4.79 Å². The van der Waals surface area contributed by atoms with Crippen LogP contribution in [0, 0.1) is 11.3 Å². The second-order valence-corrected chi connectivity index (χ2v) is 10.5. The number of allylic oxidation sites excluding steroid dienone is 1. The van der Waals surface area contributed by atoms with E-state index in [0.717, 1.165) is 0 Å². The number of esters is 2. The van der Waals surface area contributed by atoms with Gasteiger partial charge in [-0.2, -0.15) is 0 Å². The number of alkyl halides is 1. The maximum Gasteiger partial charge on any atom is 0.342 e. The molecular formula is C23H23BrO8. The Morgan fingerprint density at radius 3 is 2.66 bits per heavy atom. The number of furan rings is 1. The zero-order chi connectivity index (χ0) is 23.2. The minimum atomic E-state index is -1.01. The summed E-state index contributed by atoms with van der Waals surface area (Å²) in [5.74, 6) is -1.79. The molecule has 6 atom stereocenters. The van der Waals surface area contributed by atoms with E-state index < -0.39 is 39.8 Å². The van der Waals surface area contributed by atoms with Crippen molar-refractivity contribution in [2.45, 2.75) is 56.1 Å². The Kier molecular flexibility index (Phi) is 4.63. The summed E-state index contributed by atoms with van der Waals surface area (Å²) >= 11 is 3.47. The number of hydrogen-bond donors (Lipinski definition) is 0. The first kappa shape index (κ1) is 21.6. The second-order valence-electron chi connectivity index (χ2n) is 9.40. The molecule has 9 heteroatoms. The van der Waals surface area contributed by atoms with E-state index >= 15 is 0 Å². The van der Waals surface area contributed by atoms with E-state index in [4.69, 9.17) is 18.6 Å². The number of hydrogen-bond acceptors (Lipinski definition) is 8. The minimum Gasteiger partial charge on any atom is -0.460 e. The number of fused-ring (bicyclic) bond motifs is 3. The van der Waals surface area contributed by atoms with Crippen LogP contribution >= 0.6 is 15.9 Å². The van der Waals surface area contributed by atoms with Crippen LogP contribution < -0.4 is 0 Å². The van der Waals surface area contributed by atoms with E-state index in [1.807, 2.05) is 13.8 Å². The predicted molar refractivity (Wildman–Crippen MR) is 113 cm³/mol. The molecule has 4 aliphatic rings. The molecule has 0 N–H and O–H groups in total. The standard InChI is InChI=1S/C23H23BrO8/c1-9(25)31-13-6-22(2)11(5-12(24)20(22)27)15-17(13)23(3)14(8-29-4)32-21(28)10-7-30-19(16(10)23)18(15)26/h7,11-14H,5-6,8H2,1-4H3/t11?,12-,13+,14+,22-,23-/m0/s1. The smallest absolute Gasteiger partial charge is 0.342 e. The number of carbonyl (C=O) groups excluding carboxylic acids is 4. The van der Waals surface area contributed by atoms with Gasteiger partial charge in [0, 0.05) is 42.9 Å². The fraction of sp³-hybridized carbons (Fsp3) is 0.565. The summed E-state index contributed by atoms with van der Waals surface area (Å²) in [6.45, 7) is 5.07. The van der Waals surface area contributed by atoms with Crippen molar-refractivity contribution in [3.8, 4) is 0 Å². The number of halogens is 1. The lowest BCUT2D eigenvalue weighted by Crippen LogP contribution is -2.57. The van der Waals surface area contributed by atoms with E-state index in [2.05, 4.69) is 15.9 Å². The molecule has 1 fully saturated rings. The third kappa shape index (κ3) is 2.52. The van der Waals surface area contributed by atoms with Crippen LogP contribution in [0.3, 0.4) is 0 Å². The number of ether oxygens (including phenoxy) is 3. The van der Waals surface area contributed by atoms with Crippen molar-refractivity contribution in [3.05, 3.63) is 34.3 Å². The van der Waals surface area contributed by atoms with E-state index in [1.165, 1.54) is 20.3 Å². The number of Topliss-reactive ketones (excluding diaryl/α,β-unsaturated/α-hetero) is 2. The Labute approximate surface area is 192 Å². The van der Waals surface area contributed by atoms with Crippen LogP contribution in [0.25, 0.3) is 0 Å². The molecule has 1 unspecified atom stereocenters. The molecule has 5 rings (SSSR count). The van der Waals surface area contributed by atoms with Gasteiger partial charge in [-0.3, -0.25) is 14.4 Å². The molecule has 0 aromatic carbocycles. The Hall–Kier alpha value is -2.26. The van der Waals surface area contributed by atoms with Gasteiger partial charge in [0.05, 0.1) is 16.8 Å². The SMILES string of the molecule is COC[C@H]1OC(=O)c2coc3c2[C@@]1(C)C1=C(C3=O)C2C[C@H](Br)C(=O)[C@@]2(C)C[C@H]1OC(C)=O. The summed E-state index contributed by atoms with van der Waals surface area (Å²) in [4.78, 5) is 51.3. The van der Waals surface area contributed by atoms with Crippen LogP contribution in [-0.2, 0) is 29.2 Å². The lowest BCUT2D eigenvalue weighted by Gasteiger charge is -2.51. The fourth-order valence-electron chi connectivity index (χ4n) is 6.27. The van der Waals surface area contributed by atoms with Crippen molar-refractivity contribution in [1.29, 1.82) is 0 Å². The third-order valence-corrected chi connectivity index (χ3v) is 8.48. The van der Waals surface area contributed by atoms with Crippen molar-refractivity contribution in [3.63, 3.8) is 0 Å². The van der Waals surface area contributed by atoms with Gasteiger partial charge in [0.1, 0.15) is 24.0 Å². The minimum absolute atomic E-state index is 0.0152. The second kappa shape index (κ2) is 6.87. The molecule has 0 saturated heterocycles. The highest BCUT2D eigenvalue weighted by Gasteiger charge is 2.65. The maximum atomic E-state index is 13.8. The molecule has 0 radical (unpaired) electrons. The fourth-order valence-corrected chi connectivity index (χ4v) is 7.17. The van der Waals surface area contributed by atoms with Crippen LogP contribution in [-0.4, -0.2) is 54.3 Å². The van der Waals surface area contributed by atoms with Crippen molar-refractivity contribution in [2.24, 2.45) is 11.3 Å². The molecule has 0 bridgehead atoms. The largest absolute Gasteiger partial charge is 0.460 e. The molecule has 0 spiro atoms. The third-order valence-electron chi connectivity index (χ3n) is 7.69. The van der Waals surface area contributed by atoms with Crippen LogP contribution in [0.4, 0.5) is 0 Å². The van der Waals surface area contributed by atoms with E-state index in [-0.39, 0.29) is 41.8 Å². The van der Waals surface area contributed by atoms with Crippen molar-refractivity contribution < 1.29 is 37.8 Å². The monoisotopic (exact) mass is 506 g/mol. The van der Waals surface area contributed by atoms with Gasteiger partial charge in [0.25, 0.3) is 0 Å². The molecule has 32 heavy (non-hydrogen) atoms. The summed E-state index contributed by atoms with van der Waals surface area (Å²) in [6, 6.07) is 0. The number of ketones is 2. The Morgan fingerprint density at radius 1 is 1.28 bits per heavy atom. The highest BCUT2D eigenvalue weighted by molar-refractivity contribution is 9.10. The maximum absolute atomic E-state index is 13.8. The Balaban J connectivity index is 1.82. The topological polar surface area (TPSA) is 109 Å². The molecule has 170 valence electrons. The number of methoxy groups -OCH3 is 1. The molecule has 0 amide bonds. The summed E-state index contributed by atoms with van der Waals surface area (Å²) in [5.41, 5.74) is -0.256. The normalized spacial score (nSPS) is 37.6. The highest BCUT2D eigenvalue weighted by atomic mass is 79.9. The zero-order valence-corrected chi connectivity index (χ0v) is 19.7. The molecule has 3 aliphatic carbocycles. The highest BCUT2D eigenvalue weighted by Crippen LogP contribution is 2.61. The lowest BCUT2D eigenvalue weighted by molar-refractivity contribution is -0.149.